The van der Waals surface area contributed by atoms with Gasteiger partial charge in [-0.2, -0.15) is 0 Å². The van der Waals surface area contributed by atoms with E-state index in [0.29, 0.717) is 19.4 Å². The topological polar surface area (TPSA) is 134 Å². The molecule has 5 N–H and O–H groups in total. The van der Waals surface area contributed by atoms with Crippen LogP contribution in [0.25, 0.3) is 0 Å². The third-order valence-electron chi connectivity index (χ3n) is 5.17. The quantitative estimate of drug-likeness (QED) is 0.334. The van der Waals surface area contributed by atoms with Crippen LogP contribution in [-0.4, -0.2) is 49.4 Å². The van der Waals surface area contributed by atoms with Gasteiger partial charge in [0, 0.05) is 12.2 Å². The number of carboxylic acids is 1. The van der Waals surface area contributed by atoms with Crippen molar-refractivity contribution in [2.75, 3.05) is 24.2 Å². The maximum Gasteiger partial charge on any atom is 0.320 e. The number of nitrogens with zero attached hydrogens (tertiary/aromatic N) is 1. The van der Waals surface area contributed by atoms with E-state index in [4.69, 9.17) is 10.1 Å². The maximum atomic E-state index is 11.3. The van der Waals surface area contributed by atoms with Crippen molar-refractivity contribution in [1.29, 1.82) is 0 Å². The molecule has 2 rings (SSSR count). The summed E-state index contributed by atoms with van der Waals surface area (Å²) in [5.41, 5.74) is 2.44. The first-order valence-corrected chi connectivity index (χ1v) is 12.3. The van der Waals surface area contributed by atoms with Gasteiger partial charge in [0.1, 0.15) is 11.9 Å². The number of pyridine rings is 1. The molecule has 29 heavy (non-hydrogen) atoms. The van der Waals surface area contributed by atoms with Gasteiger partial charge in [0.2, 0.25) is 10.0 Å². The molecule has 0 unspecified atom stereocenters. The Balaban J connectivity index is 1.55. The molecule has 1 aliphatic rings. The van der Waals surface area contributed by atoms with Crippen LogP contribution in [-0.2, 0) is 27.7 Å². The fourth-order valence-corrected chi connectivity index (χ4v) is 4.10. The standard InChI is InChI=1S/C20H34N4O4S/c21-29(27,28)15-7-14-22-18(20(25)26)10-5-3-1-2-4-9-17-12-11-16-8-6-13-23-19(16)24-17/h11-12,18,22H,1-10,13-15H2,(H,23,24)(H,25,26)(H2,21,27,28)/t18-/m0/s1. The summed E-state index contributed by atoms with van der Waals surface area (Å²) in [5.74, 6) is 0.0132. The Labute approximate surface area is 173 Å². The lowest BCUT2D eigenvalue weighted by molar-refractivity contribution is -0.139. The van der Waals surface area contributed by atoms with Crippen molar-refractivity contribution in [3.8, 4) is 0 Å². The number of hydrogen-bond donors (Lipinski definition) is 4. The summed E-state index contributed by atoms with van der Waals surface area (Å²) in [6.07, 6.45) is 9.18. The normalized spacial score (nSPS) is 14.8. The van der Waals surface area contributed by atoms with Crippen molar-refractivity contribution in [1.82, 2.24) is 10.3 Å². The molecule has 1 aliphatic heterocycles. The predicted octanol–water partition coefficient (Wildman–Crippen LogP) is 2.04. The third kappa shape index (κ3) is 9.56. The molecular weight excluding hydrogens is 392 g/mol. The fraction of sp³-hybridized carbons (Fsp3) is 0.700. The highest BCUT2D eigenvalue weighted by Gasteiger charge is 2.16. The average Bonchev–Trinajstić information content (AvgIpc) is 2.67. The van der Waals surface area contributed by atoms with E-state index in [2.05, 4.69) is 22.8 Å². The molecule has 0 saturated heterocycles. The highest BCUT2D eigenvalue weighted by Crippen LogP contribution is 2.20. The van der Waals surface area contributed by atoms with Crippen LogP contribution < -0.4 is 15.8 Å². The van der Waals surface area contributed by atoms with Gasteiger partial charge in [-0.05, 0) is 56.7 Å². The molecule has 1 aromatic heterocycles. The summed E-state index contributed by atoms with van der Waals surface area (Å²) in [6, 6.07) is 3.68. The average molecular weight is 427 g/mol. The van der Waals surface area contributed by atoms with Crippen molar-refractivity contribution in [2.45, 2.75) is 70.3 Å². The fourth-order valence-electron chi connectivity index (χ4n) is 3.56. The predicted molar refractivity (Wildman–Crippen MR) is 114 cm³/mol. The lowest BCUT2D eigenvalue weighted by Crippen LogP contribution is -2.37. The molecule has 0 amide bonds. The van der Waals surface area contributed by atoms with E-state index in [9.17, 15) is 18.3 Å². The van der Waals surface area contributed by atoms with Gasteiger partial charge in [-0.3, -0.25) is 4.79 Å². The Bertz CT molecular complexity index is 755. The molecule has 2 heterocycles. The Morgan fingerprint density at radius 3 is 2.72 bits per heavy atom. The van der Waals surface area contributed by atoms with Crippen LogP contribution in [0.5, 0.6) is 0 Å². The number of nitrogens with two attached hydrogens (primary N) is 1. The molecule has 0 fully saturated rings. The summed E-state index contributed by atoms with van der Waals surface area (Å²) >= 11 is 0. The molecule has 0 radical (unpaired) electrons. The zero-order valence-electron chi connectivity index (χ0n) is 17.0. The molecule has 164 valence electrons. The minimum atomic E-state index is -3.49. The van der Waals surface area contributed by atoms with Crippen LogP contribution in [0.3, 0.4) is 0 Å². The van der Waals surface area contributed by atoms with Crippen molar-refractivity contribution < 1.29 is 18.3 Å². The molecule has 0 aromatic carbocycles. The number of aromatic nitrogens is 1. The van der Waals surface area contributed by atoms with Crippen molar-refractivity contribution >= 4 is 21.8 Å². The van der Waals surface area contributed by atoms with Crippen LogP contribution in [0.4, 0.5) is 5.82 Å². The number of anilines is 1. The number of carbonyl (C=O) groups is 1. The summed E-state index contributed by atoms with van der Waals surface area (Å²) in [7, 11) is -3.49. The van der Waals surface area contributed by atoms with Gasteiger partial charge in [0.25, 0.3) is 0 Å². The minimum absolute atomic E-state index is 0.137. The van der Waals surface area contributed by atoms with Gasteiger partial charge in [0.15, 0.2) is 0 Å². The van der Waals surface area contributed by atoms with Gasteiger partial charge >= 0.3 is 5.97 Å². The molecule has 1 atom stereocenters. The number of carboxylic acid groups (broad SMARTS) is 1. The lowest BCUT2D eigenvalue weighted by Gasteiger charge is -2.17. The van der Waals surface area contributed by atoms with Crippen LogP contribution in [0.2, 0.25) is 0 Å². The van der Waals surface area contributed by atoms with E-state index < -0.39 is 22.0 Å². The maximum absolute atomic E-state index is 11.3. The molecule has 0 spiro atoms. The zero-order valence-corrected chi connectivity index (χ0v) is 17.8. The number of rotatable bonds is 14. The first-order valence-electron chi connectivity index (χ1n) is 10.5. The van der Waals surface area contributed by atoms with Gasteiger partial charge in [-0.25, -0.2) is 18.5 Å². The summed E-state index contributed by atoms with van der Waals surface area (Å²) < 4.78 is 21.8. The molecule has 1 aromatic rings. The minimum Gasteiger partial charge on any atom is -0.480 e. The van der Waals surface area contributed by atoms with Gasteiger partial charge in [0.05, 0.1) is 5.75 Å². The van der Waals surface area contributed by atoms with Crippen LogP contribution in [0.15, 0.2) is 12.1 Å². The Kier molecular flexibility index (Phi) is 9.83. The number of hydrogen-bond acceptors (Lipinski definition) is 6. The van der Waals surface area contributed by atoms with E-state index >= 15 is 0 Å². The number of primary sulfonamides is 1. The first-order chi connectivity index (χ1) is 13.8. The third-order valence-corrected chi connectivity index (χ3v) is 6.03. The number of aliphatic carboxylic acids is 1. The first kappa shape index (κ1) is 23.6. The van der Waals surface area contributed by atoms with E-state index in [1.165, 1.54) is 12.0 Å². The summed E-state index contributed by atoms with van der Waals surface area (Å²) in [4.78, 5) is 16.0. The van der Waals surface area contributed by atoms with E-state index in [-0.39, 0.29) is 5.75 Å². The van der Waals surface area contributed by atoms with Crippen LogP contribution >= 0.6 is 0 Å². The van der Waals surface area contributed by atoms with Crippen LogP contribution in [0.1, 0.15) is 62.6 Å². The molecular formula is C20H34N4O4S. The molecule has 0 saturated carbocycles. The summed E-state index contributed by atoms with van der Waals surface area (Å²) in [5, 5.41) is 20.5. The molecule has 0 bridgehead atoms. The second-order valence-corrected chi connectivity index (χ2v) is 9.45. The van der Waals surface area contributed by atoms with Gasteiger partial charge in [-0.1, -0.05) is 31.7 Å². The molecule has 9 heteroatoms. The number of nitrogens with one attached hydrogen (secondary N) is 2. The molecule has 0 aliphatic carbocycles. The second kappa shape index (κ2) is 12.1. The zero-order chi connectivity index (χ0) is 21.1. The number of sulfonamides is 1. The van der Waals surface area contributed by atoms with Crippen molar-refractivity contribution in [3.63, 3.8) is 0 Å². The van der Waals surface area contributed by atoms with E-state index in [0.717, 1.165) is 63.0 Å². The molecule has 8 nitrogen and oxygen atoms in total. The highest BCUT2D eigenvalue weighted by atomic mass is 32.2. The van der Waals surface area contributed by atoms with E-state index in [1.807, 2.05) is 0 Å². The van der Waals surface area contributed by atoms with E-state index in [1.54, 1.807) is 0 Å². The number of fused-ring (bicyclic) bond motifs is 1. The SMILES string of the molecule is NS(=O)(=O)CCCN[C@@H](CCCCCCCc1ccc2c(n1)NCCC2)C(=O)O. The largest absolute Gasteiger partial charge is 0.480 e. The number of unbranched alkanes of at least 4 members (excludes halogenated alkanes) is 4. The Hall–Kier alpha value is -1.71. The summed E-state index contributed by atoms with van der Waals surface area (Å²) in [6.45, 7) is 1.33. The Morgan fingerprint density at radius 2 is 1.97 bits per heavy atom. The Morgan fingerprint density at radius 1 is 1.21 bits per heavy atom. The second-order valence-electron chi connectivity index (χ2n) is 7.71. The van der Waals surface area contributed by atoms with Crippen molar-refractivity contribution in [3.05, 3.63) is 23.4 Å². The van der Waals surface area contributed by atoms with Crippen molar-refractivity contribution in [2.24, 2.45) is 5.14 Å². The highest BCUT2D eigenvalue weighted by molar-refractivity contribution is 7.89. The monoisotopic (exact) mass is 426 g/mol. The smallest absolute Gasteiger partial charge is 0.320 e. The van der Waals surface area contributed by atoms with Crippen LogP contribution in [0, 0.1) is 0 Å². The number of aryl methyl sites for hydroxylation is 2. The lowest BCUT2D eigenvalue weighted by atomic mass is 10.0. The van der Waals surface area contributed by atoms with Gasteiger partial charge in [-0.15, -0.1) is 0 Å². The van der Waals surface area contributed by atoms with Gasteiger partial charge < -0.3 is 15.7 Å².